The second kappa shape index (κ2) is 3.65. The van der Waals surface area contributed by atoms with Crippen LogP contribution in [0, 0.1) is 5.92 Å². The maximum atomic E-state index is 4.41. The van der Waals surface area contributed by atoms with Crippen LogP contribution in [0.25, 0.3) is 0 Å². The lowest BCUT2D eigenvalue weighted by Crippen LogP contribution is -2.50. The van der Waals surface area contributed by atoms with Crippen molar-refractivity contribution in [2.75, 3.05) is 17.2 Å². The van der Waals surface area contributed by atoms with Crippen LogP contribution >= 0.6 is 0 Å². The molecule has 1 spiro atoms. The Hall–Kier alpha value is -1.25. The third-order valence-corrected chi connectivity index (χ3v) is 4.04. The smallest absolute Gasteiger partial charge is 0.149 e. The maximum Gasteiger partial charge on any atom is 0.149 e. The lowest BCUT2D eigenvalue weighted by Gasteiger charge is -2.44. The standard InChI is InChI=1S/C13H19N3/c1-10-4-6-13(7-5-10)9-15-11-3-2-8-14-12(11)16-13/h2-3,8,10,15H,4-7,9H2,1H3,(H,14,16). The second-order valence-corrected chi connectivity index (χ2v) is 5.34. The SMILES string of the molecule is CC1CCC2(CC1)CNc1cccnc1N2. The van der Waals surface area contributed by atoms with Gasteiger partial charge in [-0.2, -0.15) is 0 Å². The van der Waals surface area contributed by atoms with Crippen molar-refractivity contribution in [2.24, 2.45) is 5.92 Å². The number of pyridine rings is 1. The number of aromatic nitrogens is 1. The van der Waals surface area contributed by atoms with Crippen molar-refractivity contribution < 1.29 is 0 Å². The first-order valence-electron chi connectivity index (χ1n) is 6.25. The van der Waals surface area contributed by atoms with E-state index in [2.05, 4.69) is 28.6 Å². The molecule has 16 heavy (non-hydrogen) atoms. The monoisotopic (exact) mass is 217 g/mol. The normalized spacial score (nSPS) is 32.7. The maximum absolute atomic E-state index is 4.41. The summed E-state index contributed by atoms with van der Waals surface area (Å²) in [4.78, 5) is 4.41. The Labute approximate surface area is 96.7 Å². The fourth-order valence-electron chi connectivity index (χ4n) is 2.82. The van der Waals surface area contributed by atoms with Crippen LogP contribution in [0.1, 0.15) is 32.6 Å². The van der Waals surface area contributed by atoms with Crippen molar-refractivity contribution in [3.63, 3.8) is 0 Å². The van der Waals surface area contributed by atoms with Crippen LogP contribution in [0.5, 0.6) is 0 Å². The Morgan fingerprint density at radius 3 is 3.00 bits per heavy atom. The third-order valence-electron chi connectivity index (χ3n) is 4.04. The fraction of sp³-hybridized carbons (Fsp3) is 0.615. The molecular formula is C13H19N3. The molecule has 0 aromatic carbocycles. The number of nitrogens with zero attached hydrogens (tertiary/aromatic N) is 1. The van der Waals surface area contributed by atoms with Gasteiger partial charge < -0.3 is 10.6 Å². The lowest BCUT2D eigenvalue weighted by molar-refractivity contribution is 0.273. The summed E-state index contributed by atoms with van der Waals surface area (Å²) in [5.74, 6) is 1.92. The molecule has 2 aliphatic rings. The molecule has 0 unspecified atom stereocenters. The summed E-state index contributed by atoms with van der Waals surface area (Å²) < 4.78 is 0. The molecule has 1 aromatic rings. The van der Waals surface area contributed by atoms with Crippen LogP contribution in [0.3, 0.4) is 0 Å². The van der Waals surface area contributed by atoms with Crippen LogP contribution < -0.4 is 10.6 Å². The van der Waals surface area contributed by atoms with E-state index in [-0.39, 0.29) is 5.54 Å². The minimum Gasteiger partial charge on any atom is -0.380 e. The largest absolute Gasteiger partial charge is 0.380 e. The first kappa shape index (κ1) is 9.94. The van der Waals surface area contributed by atoms with Gasteiger partial charge >= 0.3 is 0 Å². The van der Waals surface area contributed by atoms with E-state index in [0.29, 0.717) is 0 Å². The molecule has 0 amide bonds. The van der Waals surface area contributed by atoms with Crippen LogP contribution in [-0.4, -0.2) is 17.1 Å². The summed E-state index contributed by atoms with van der Waals surface area (Å²) in [7, 11) is 0. The zero-order valence-electron chi connectivity index (χ0n) is 9.79. The molecule has 1 saturated carbocycles. The first-order valence-corrected chi connectivity index (χ1v) is 6.25. The van der Waals surface area contributed by atoms with Gasteiger partial charge in [-0.15, -0.1) is 0 Å². The van der Waals surface area contributed by atoms with Crippen molar-refractivity contribution in [3.8, 4) is 0 Å². The van der Waals surface area contributed by atoms with E-state index in [9.17, 15) is 0 Å². The van der Waals surface area contributed by atoms with Crippen molar-refractivity contribution >= 4 is 11.5 Å². The van der Waals surface area contributed by atoms with Crippen LogP contribution in [-0.2, 0) is 0 Å². The summed E-state index contributed by atoms with van der Waals surface area (Å²) in [5.41, 5.74) is 1.40. The Kier molecular flexibility index (Phi) is 2.27. The van der Waals surface area contributed by atoms with Crippen molar-refractivity contribution in [2.45, 2.75) is 38.1 Å². The average molecular weight is 217 g/mol. The van der Waals surface area contributed by atoms with Gasteiger partial charge in [0.15, 0.2) is 0 Å². The average Bonchev–Trinajstić information content (AvgIpc) is 2.33. The Balaban J connectivity index is 1.82. The van der Waals surface area contributed by atoms with Gasteiger partial charge in [-0.05, 0) is 43.7 Å². The van der Waals surface area contributed by atoms with Gasteiger partial charge in [0.25, 0.3) is 0 Å². The predicted molar refractivity (Wildman–Crippen MR) is 66.7 cm³/mol. The highest BCUT2D eigenvalue weighted by molar-refractivity contribution is 5.67. The van der Waals surface area contributed by atoms with Gasteiger partial charge in [-0.1, -0.05) is 6.92 Å². The topological polar surface area (TPSA) is 37.0 Å². The summed E-state index contributed by atoms with van der Waals surface area (Å²) in [6.45, 7) is 3.40. The number of anilines is 2. The zero-order valence-corrected chi connectivity index (χ0v) is 9.79. The number of hydrogen-bond acceptors (Lipinski definition) is 3. The Bertz CT molecular complexity index is 381. The third kappa shape index (κ3) is 1.64. The quantitative estimate of drug-likeness (QED) is 0.701. The van der Waals surface area contributed by atoms with Gasteiger partial charge in [0.05, 0.1) is 11.2 Å². The first-order chi connectivity index (χ1) is 7.77. The van der Waals surface area contributed by atoms with E-state index in [4.69, 9.17) is 0 Å². The molecule has 3 heteroatoms. The number of rotatable bonds is 0. The molecule has 0 radical (unpaired) electrons. The summed E-state index contributed by atoms with van der Waals surface area (Å²) in [5, 5.41) is 7.17. The van der Waals surface area contributed by atoms with Crippen molar-refractivity contribution in [3.05, 3.63) is 18.3 Å². The number of hydrogen-bond donors (Lipinski definition) is 2. The minimum atomic E-state index is 0.258. The molecular weight excluding hydrogens is 198 g/mol. The van der Waals surface area contributed by atoms with E-state index in [1.54, 1.807) is 0 Å². The second-order valence-electron chi connectivity index (χ2n) is 5.34. The number of nitrogens with one attached hydrogen (secondary N) is 2. The fourth-order valence-corrected chi connectivity index (χ4v) is 2.82. The molecule has 86 valence electrons. The molecule has 2 heterocycles. The molecule has 0 atom stereocenters. The van der Waals surface area contributed by atoms with E-state index < -0.39 is 0 Å². The van der Waals surface area contributed by atoms with Gasteiger partial charge in [-0.25, -0.2) is 4.98 Å². The summed E-state index contributed by atoms with van der Waals surface area (Å²) in [6, 6.07) is 4.07. The Morgan fingerprint density at radius 1 is 1.38 bits per heavy atom. The minimum absolute atomic E-state index is 0.258. The molecule has 1 aromatic heterocycles. The highest BCUT2D eigenvalue weighted by Gasteiger charge is 2.37. The number of fused-ring (bicyclic) bond motifs is 1. The van der Waals surface area contributed by atoms with E-state index in [1.165, 1.54) is 25.7 Å². The van der Waals surface area contributed by atoms with Crippen LogP contribution in [0.15, 0.2) is 18.3 Å². The zero-order chi connectivity index (χ0) is 11.0. The highest BCUT2D eigenvalue weighted by Crippen LogP contribution is 2.38. The summed E-state index contributed by atoms with van der Waals surface area (Å²) in [6.07, 6.45) is 7.04. The van der Waals surface area contributed by atoms with Crippen LogP contribution in [0.4, 0.5) is 11.5 Å². The predicted octanol–water partition coefficient (Wildman–Crippen LogP) is 2.87. The molecule has 1 aliphatic carbocycles. The summed E-state index contributed by atoms with van der Waals surface area (Å²) >= 11 is 0. The molecule has 0 bridgehead atoms. The molecule has 1 aliphatic heterocycles. The molecule has 3 nitrogen and oxygen atoms in total. The highest BCUT2D eigenvalue weighted by atomic mass is 15.2. The van der Waals surface area contributed by atoms with E-state index in [1.807, 2.05) is 12.3 Å². The van der Waals surface area contributed by atoms with Gasteiger partial charge in [0.1, 0.15) is 5.82 Å². The lowest BCUT2D eigenvalue weighted by atomic mass is 9.76. The molecule has 1 fully saturated rings. The van der Waals surface area contributed by atoms with E-state index in [0.717, 1.165) is 24.0 Å². The van der Waals surface area contributed by atoms with Gasteiger partial charge in [0.2, 0.25) is 0 Å². The van der Waals surface area contributed by atoms with Crippen molar-refractivity contribution in [1.82, 2.24) is 4.98 Å². The Morgan fingerprint density at radius 2 is 2.19 bits per heavy atom. The van der Waals surface area contributed by atoms with Gasteiger partial charge in [-0.3, -0.25) is 0 Å². The van der Waals surface area contributed by atoms with Gasteiger partial charge in [0, 0.05) is 12.7 Å². The van der Waals surface area contributed by atoms with Crippen LogP contribution in [0.2, 0.25) is 0 Å². The molecule has 2 N–H and O–H groups in total. The molecule has 3 rings (SSSR count). The van der Waals surface area contributed by atoms with E-state index >= 15 is 0 Å². The van der Waals surface area contributed by atoms with Crippen molar-refractivity contribution in [1.29, 1.82) is 0 Å². The molecule has 0 saturated heterocycles.